The van der Waals surface area contributed by atoms with Crippen LogP contribution in [0.5, 0.6) is 0 Å². The van der Waals surface area contributed by atoms with Gasteiger partial charge in [-0.1, -0.05) is 31.4 Å². The van der Waals surface area contributed by atoms with Crippen molar-refractivity contribution in [2.45, 2.75) is 13.8 Å². The first-order valence-corrected chi connectivity index (χ1v) is 4.38. The lowest BCUT2D eigenvalue weighted by atomic mass is 10.0. The molecule has 0 spiro atoms. The Hall–Kier alpha value is -1.24. The van der Waals surface area contributed by atoms with E-state index < -0.39 is 0 Å². The minimum absolute atomic E-state index is 1.13. The van der Waals surface area contributed by atoms with E-state index in [1.54, 1.807) is 0 Å². The molecule has 0 radical (unpaired) electrons. The fraction of sp³-hybridized carbons (Fsp3) is 0.333. The molecule has 0 aromatic carbocycles. The summed E-state index contributed by atoms with van der Waals surface area (Å²) < 4.78 is 0. The normalized spacial score (nSPS) is 13.4. The Kier molecular flexibility index (Phi) is 4.90. The zero-order chi connectivity index (χ0) is 10.4. The Morgan fingerprint density at radius 3 is 1.92 bits per heavy atom. The summed E-state index contributed by atoms with van der Waals surface area (Å²) in [5.74, 6) is 0. The van der Waals surface area contributed by atoms with E-state index in [1.165, 1.54) is 5.70 Å². The van der Waals surface area contributed by atoms with Gasteiger partial charge in [-0.3, -0.25) is 0 Å². The second-order valence-corrected chi connectivity index (χ2v) is 3.05. The summed E-state index contributed by atoms with van der Waals surface area (Å²) in [6, 6.07) is 0. The summed E-state index contributed by atoms with van der Waals surface area (Å²) >= 11 is 0. The minimum Gasteiger partial charge on any atom is -0.381 e. The van der Waals surface area contributed by atoms with E-state index in [9.17, 15) is 0 Å². The van der Waals surface area contributed by atoms with Gasteiger partial charge in [-0.25, -0.2) is 0 Å². The Bertz CT molecular complexity index is 254. The Balaban J connectivity index is 5.20. The number of allylic oxidation sites excluding steroid dienone is 6. The lowest BCUT2D eigenvalue weighted by Gasteiger charge is -2.17. The average Bonchev–Trinajstić information content (AvgIpc) is 2.12. The molecule has 0 aromatic heterocycles. The summed E-state index contributed by atoms with van der Waals surface area (Å²) in [6.07, 6.45) is 5.76. The van der Waals surface area contributed by atoms with E-state index in [4.69, 9.17) is 0 Å². The topological polar surface area (TPSA) is 3.24 Å². The molecule has 0 unspecified atom stereocenters. The Morgan fingerprint density at radius 1 is 1.15 bits per heavy atom. The molecule has 0 heterocycles. The molecule has 0 aliphatic carbocycles. The van der Waals surface area contributed by atoms with E-state index in [0.29, 0.717) is 0 Å². The van der Waals surface area contributed by atoms with Crippen LogP contribution in [0.2, 0.25) is 0 Å². The van der Waals surface area contributed by atoms with Crippen molar-refractivity contribution in [3.63, 3.8) is 0 Å². The van der Waals surface area contributed by atoms with Crippen LogP contribution in [0.25, 0.3) is 0 Å². The molecular formula is C12H19N. The van der Waals surface area contributed by atoms with Gasteiger partial charge in [0, 0.05) is 19.8 Å². The van der Waals surface area contributed by atoms with Crippen molar-refractivity contribution in [3.05, 3.63) is 48.2 Å². The second kappa shape index (κ2) is 5.41. The van der Waals surface area contributed by atoms with Crippen molar-refractivity contribution >= 4 is 0 Å². The summed E-state index contributed by atoms with van der Waals surface area (Å²) in [7, 11) is 4.05. The molecule has 13 heavy (non-hydrogen) atoms. The largest absolute Gasteiger partial charge is 0.381 e. The lowest BCUT2D eigenvalue weighted by Crippen LogP contribution is -2.10. The summed E-state index contributed by atoms with van der Waals surface area (Å²) in [5.41, 5.74) is 3.46. The standard InChI is InChI=1S/C12H19N/c1-7-11(8-2)12(9-3)10(4)13(5)6/h7-9H,1,3H2,2,4-6H3/b11-8+,12-10-. The van der Waals surface area contributed by atoms with Gasteiger partial charge < -0.3 is 4.90 Å². The van der Waals surface area contributed by atoms with Crippen LogP contribution in [0, 0.1) is 0 Å². The van der Waals surface area contributed by atoms with E-state index in [0.717, 1.165) is 11.1 Å². The lowest BCUT2D eigenvalue weighted by molar-refractivity contribution is 0.510. The van der Waals surface area contributed by atoms with Crippen LogP contribution in [0.1, 0.15) is 13.8 Å². The maximum absolute atomic E-state index is 3.81. The summed E-state index contributed by atoms with van der Waals surface area (Å²) in [6.45, 7) is 11.7. The molecule has 1 nitrogen and oxygen atoms in total. The van der Waals surface area contributed by atoms with Crippen molar-refractivity contribution < 1.29 is 0 Å². The number of rotatable bonds is 4. The van der Waals surface area contributed by atoms with Crippen LogP contribution in [-0.2, 0) is 0 Å². The van der Waals surface area contributed by atoms with E-state index in [1.807, 2.05) is 39.2 Å². The first-order chi connectivity index (χ1) is 6.08. The number of nitrogens with zero attached hydrogens (tertiary/aromatic N) is 1. The maximum Gasteiger partial charge on any atom is 0.0175 e. The molecule has 0 aliphatic rings. The van der Waals surface area contributed by atoms with Gasteiger partial charge in [-0.05, 0) is 25.0 Å². The fourth-order valence-corrected chi connectivity index (χ4v) is 1.10. The van der Waals surface area contributed by atoms with Gasteiger partial charge in [0.2, 0.25) is 0 Å². The molecule has 0 aromatic rings. The number of hydrogen-bond donors (Lipinski definition) is 0. The Labute approximate surface area is 81.8 Å². The monoisotopic (exact) mass is 177 g/mol. The molecule has 0 amide bonds. The van der Waals surface area contributed by atoms with E-state index in [2.05, 4.69) is 25.0 Å². The molecule has 0 rings (SSSR count). The first kappa shape index (κ1) is 11.8. The molecule has 0 saturated carbocycles. The molecule has 72 valence electrons. The van der Waals surface area contributed by atoms with Gasteiger partial charge in [0.15, 0.2) is 0 Å². The predicted molar refractivity (Wildman–Crippen MR) is 60.5 cm³/mol. The van der Waals surface area contributed by atoms with E-state index in [-0.39, 0.29) is 0 Å². The highest BCUT2D eigenvalue weighted by Crippen LogP contribution is 2.17. The molecule has 0 saturated heterocycles. The van der Waals surface area contributed by atoms with Crippen LogP contribution >= 0.6 is 0 Å². The van der Waals surface area contributed by atoms with Crippen molar-refractivity contribution in [2.24, 2.45) is 0 Å². The molecule has 0 fully saturated rings. The van der Waals surface area contributed by atoms with Crippen molar-refractivity contribution in [2.75, 3.05) is 14.1 Å². The summed E-state index contributed by atoms with van der Waals surface area (Å²) in [5, 5.41) is 0. The third-order valence-corrected chi connectivity index (χ3v) is 2.11. The Morgan fingerprint density at radius 2 is 1.69 bits per heavy atom. The molecule has 0 atom stereocenters. The minimum atomic E-state index is 1.13. The van der Waals surface area contributed by atoms with Crippen molar-refractivity contribution in [1.82, 2.24) is 4.90 Å². The van der Waals surface area contributed by atoms with E-state index >= 15 is 0 Å². The van der Waals surface area contributed by atoms with Crippen LogP contribution in [0.15, 0.2) is 48.2 Å². The molecule has 0 bridgehead atoms. The predicted octanol–water partition coefficient (Wildman–Crippen LogP) is 3.14. The highest BCUT2D eigenvalue weighted by molar-refractivity contribution is 5.46. The number of hydrogen-bond acceptors (Lipinski definition) is 1. The second-order valence-electron chi connectivity index (χ2n) is 3.05. The molecule has 0 aliphatic heterocycles. The van der Waals surface area contributed by atoms with Crippen LogP contribution in [-0.4, -0.2) is 19.0 Å². The van der Waals surface area contributed by atoms with Gasteiger partial charge in [-0.15, -0.1) is 0 Å². The maximum atomic E-state index is 3.81. The van der Waals surface area contributed by atoms with Gasteiger partial charge in [0.05, 0.1) is 0 Å². The zero-order valence-electron chi connectivity index (χ0n) is 9.09. The van der Waals surface area contributed by atoms with Gasteiger partial charge in [0.1, 0.15) is 0 Å². The van der Waals surface area contributed by atoms with Crippen LogP contribution in [0.3, 0.4) is 0 Å². The third-order valence-electron chi connectivity index (χ3n) is 2.11. The highest BCUT2D eigenvalue weighted by atomic mass is 15.1. The molecule has 0 N–H and O–H groups in total. The highest BCUT2D eigenvalue weighted by Gasteiger charge is 2.02. The quantitative estimate of drug-likeness (QED) is 0.596. The van der Waals surface area contributed by atoms with Crippen molar-refractivity contribution in [1.29, 1.82) is 0 Å². The third kappa shape index (κ3) is 2.94. The fourth-order valence-electron chi connectivity index (χ4n) is 1.10. The van der Waals surface area contributed by atoms with Crippen LogP contribution in [0.4, 0.5) is 0 Å². The smallest absolute Gasteiger partial charge is 0.0175 e. The molecular weight excluding hydrogens is 158 g/mol. The van der Waals surface area contributed by atoms with Crippen molar-refractivity contribution in [3.8, 4) is 0 Å². The average molecular weight is 177 g/mol. The van der Waals surface area contributed by atoms with Gasteiger partial charge in [-0.2, -0.15) is 0 Å². The summed E-state index contributed by atoms with van der Waals surface area (Å²) in [4.78, 5) is 2.07. The molecule has 1 heteroatoms. The zero-order valence-corrected chi connectivity index (χ0v) is 9.09. The van der Waals surface area contributed by atoms with Crippen LogP contribution < -0.4 is 0 Å². The first-order valence-electron chi connectivity index (χ1n) is 4.38. The SMILES string of the molecule is C=CC(=C(\C)N(C)C)/C(C=C)=C/C. The van der Waals surface area contributed by atoms with Gasteiger partial charge in [0.25, 0.3) is 0 Å². The van der Waals surface area contributed by atoms with Gasteiger partial charge >= 0.3 is 0 Å².